The van der Waals surface area contributed by atoms with Crippen LogP contribution in [0, 0.1) is 0 Å². The van der Waals surface area contributed by atoms with Gasteiger partial charge in [-0.1, -0.05) is 30.3 Å². The lowest BCUT2D eigenvalue weighted by Crippen LogP contribution is -2.39. The number of thiophene rings is 1. The van der Waals surface area contributed by atoms with Gasteiger partial charge in [-0.3, -0.25) is 14.9 Å². The summed E-state index contributed by atoms with van der Waals surface area (Å²) in [5.41, 5.74) is 2.31. The molecule has 1 aromatic heterocycles. The third kappa shape index (κ3) is 5.46. The standard InChI is InChI=1S/C22H26N2O5S/c1-2-29-22(28)19-15-10-6-7-11-17(15)30-20(19)24-18(25)12-16(21(26)27)23-13-14-8-4-3-5-9-14/h3-5,8-9,16,23H,2,6-7,10-13H2,1H3,(H,24,25)(H,26,27). The summed E-state index contributed by atoms with van der Waals surface area (Å²) in [6, 6.07) is 8.35. The third-order valence-corrected chi connectivity index (χ3v) is 6.19. The normalized spacial score (nSPS) is 13.9. The van der Waals surface area contributed by atoms with E-state index in [4.69, 9.17) is 4.74 Å². The van der Waals surface area contributed by atoms with Gasteiger partial charge in [0.2, 0.25) is 5.91 Å². The number of aliphatic carboxylic acids is 1. The molecule has 0 saturated carbocycles. The predicted molar refractivity (Wildman–Crippen MR) is 115 cm³/mol. The molecule has 3 N–H and O–H groups in total. The number of rotatable bonds is 9. The molecule has 30 heavy (non-hydrogen) atoms. The molecule has 0 saturated heterocycles. The highest BCUT2D eigenvalue weighted by molar-refractivity contribution is 7.17. The van der Waals surface area contributed by atoms with E-state index in [1.54, 1.807) is 6.92 Å². The number of fused-ring (bicyclic) bond motifs is 1. The maximum absolute atomic E-state index is 12.6. The molecular weight excluding hydrogens is 404 g/mol. The minimum atomic E-state index is -1.10. The van der Waals surface area contributed by atoms with E-state index < -0.39 is 23.9 Å². The monoisotopic (exact) mass is 430 g/mol. The van der Waals surface area contributed by atoms with Crippen LogP contribution in [0.2, 0.25) is 0 Å². The van der Waals surface area contributed by atoms with Crippen LogP contribution in [-0.4, -0.2) is 35.6 Å². The lowest BCUT2D eigenvalue weighted by atomic mass is 9.95. The number of carboxylic acids is 1. The first-order valence-corrected chi connectivity index (χ1v) is 10.9. The maximum atomic E-state index is 12.6. The second kappa shape index (κ2) is 10.4. The molecule has 1 unspecified atom stereocenters. The van der Waals surface area contributed by atoms with Crippen molar-refractivity contribution in [1.29, 1.82) is 0 Å². The first kappa shape index (κ1) is 22.0. The van der Waals surface area contributed by atoms with E-state index in [1.165, 1.54) is 11.3 Å². The zero-order valence-corrected chi connectivity index (χ0v) is 17.7. The Labute approximate surface area is 179 Å². The first-order chi connectivity index (χ1) is 14.5. The van der Waals surface area contributed by atoms with Crippen molar-refractivity contribution < 1.29 is 24.2 Å². The average molecular weight is 431 g/mol. The number of ether oxygens (including phenoxy) is 1. The number of aryl methyl sites for hydroxylation is 1. The highest BCUT2D eigenvalue weighted by Crippen LogP contribution is 2.38. The Bertz CT molecular complexity index is 910. The van der Waals surface area contributed by atoms with Gasteiger partial charge in [-0.05, 0) is 43.7 Å². The summed E-state index contributed by atoms with van der Waals surface area (Å²) >= 11 is 1.39. The Kier molecular flexibility index (Phi) is 7.59. The molecule has 1 aliphatic rings. The van der Waals surface area contributed by atoms with Crippen molar-refractivity contribution in [3.8, 4) is 0 Å². The number of nitrogens with one attached hydrogen (secondary N) is 2. The topological polar surface area (TPSA) is 105 Å². The molecule has 3 rings (SSSR count). The fraction of sp³-hybridized carbons (Fsp3) is 0.409. The van der Waals surface area contributed by atoms with Gasteiger partial charge < -0.3 is 15.2 Å². The summed E-state index contributed by atoms with van der Waals surface area (Å²) in [4.78, 5) is 37.8. The second-order valence-corrected chi connectivity index (χ2v) is 8.25. The van der Waals surface area contributed by atoms with Crippen LogP contribution < -0.4 is 10.6 Å². The molecule has 0 bridgehead atoms. The Balaban J connectivity index is 1.70. The van der Waals surface area contributed by atoms with Gasteiger partial charge in [0.05, 0.1) is 18.6 Å². The van der Waals surface area contributed by atoms with E-state index >= 15 is 0 Å². The molecule has 1 aromatic carbocycles. The summed E-state index contributed by atoms with van der Waals surface area (Å²) in [6.45, 7) is 2.33. The molecule has 2 aromatic rings. The van der Waals surface area contributed by atoms with Crippen LogP contribution in [0.25, 0.3) is 0 Å². The van der Waals surface area contributed by atoms with Crippen molar-refractivity contribution in [2.75, 3.05) is 11.9 Å². The zero-order valence-electron chi connectivity index (χ0n) is 16.9. The van der Waals surface area contributed by atoms with Crippen molar-refractivity contribution in [3.05, 3.63) is 51.9 Å². The molecule has 7 nitrogen and oxygen atoms in total. The van der Waals surface area contributed by atoms with Crippen LogP contribution in [-0.2, 0) is 33.7 Å². The zero-order chi connectivity index (χ0) is 21.5. The molecule has 1 atom stereocenters. The van der Waals surface area contributed by atoms with Gasteiger partial charge in [-0.15, -0.1) is 11.3 Å². The van der Waals surface area contributed by atoms with Gasteiger partial charge in [0, 0.05) is 11.4 Å². The quantitative estimate of drug-likeness (QED) is 0.527. The summed E-state index contributed by atoms with van der Waals surface area (Å²) in [5, 5.41) is 15.6. The van der Waals surface area contributed by atoms with Crippen molar-refractivity contribution in [3.63, 3.8) is 0 Å². The molecule has 8 heteroatoms. The maximum Gasteiger partial charge on any atom is 0.341 e. The second-order valence-electron chi connectivity index (χ2n) is 7.15. The fourth-order valence-corrected chi connectivity index (χ4v) is 4.81. The summed E-state index contributed by atoms with van der Waals surface area (Å²) in [7, 11) is 0. The number of amides is 1. The summed E-state index contributed by atoms with van der Waals surface area (Å²) < 4.78 is 5.19. The molecule has 0 spiro atoms. The minimum Gasteiger partial charge on any atom is -0.480 e. The lowest BCUT2D eigenvalue weighted by molar-refractivity contribution is -0.141. The van der Waals surface area contributed by atoms with Crippen molar-refractivity contribution in [2.24, 2.45) is 0 Å². The predicted octanol–water partition coefficient (Wildman–Crippen LogP) is 3.38. The number of carbonyl (C=O) groups excluding carboxylic acids is 2. The van der Waals surface area contributed by atoms with Crippen molar-refractivity contribution >= 4 is 34.2 Å². The molecule has 0 aliphatic heterocycles. The molecule has 160 valence electrons. The van der Waals surface area contributed by atoms with Crippen LogP contribution in [0.1, 0.15) is 52.5 Å². The smallest absolute Gasteiger partial charge is 0.341 e. The molecule has 0 fully saturated rings. The Morgan fingerprint density at radius 3 is 2.60 bits per heavy atom. The van der Waals surface area contributed by atoms with Crippen molar-refractivity contribution in [2.45, 2.75) is 51.6 Å². The Morgan fingerprint density at radius 1 is 1.17 bits per heavy atom. The Morgan fingerprint density at radius 2 is 1.90 bits per heavy atom. The van der Waals surface area contributed by atoms with Gasteiger partial charge >= 0.3 is 11.9 Å². The van der Waals surface area contributed by atoms with Crippen LogP contribution >= 0.6 is 11.3 Å². The number of carbonyl (C=O) groups is 3. The van der Waals surface area contributed by atoms with Crippen LogP contribution in [0.15, 0.2) is 30.3 Å². The molecular formula is C22H26N2O5S. The largest absolute Gasteiger partial charge is 0.480 e. The van der Waals surface area contributed by atoms with Crippen LogP contribution in [0.4, 0.5) is 5.00 Å². The molecule has 0 radical (unpaired) electrons. The molecule has 1 heterocycles. The van der Waals surface area contributed by atoms with Crippen LogP contribution in [0.3, 0.4) is 0 Å². The first-order valence-electron chi connectivity index (χ1n) is 10.1. The highest BCUT2D eigenvalue weighted by Gasteiger charge is 2.28. The number of hydrogen-bond donors (Lipinski definition) is 3. The SMILES string of the molecule is CCOC(=O)c1c(NC(=O)CC(NCc2ccccc2)C(=O)O)sc2c1CCCC2. The lowest BCUT2D eigenvalue weighted by Gasteiger charge is -2.15. The van der Waals surface area contributed by atoms with Gasteiger partial charge in [-0.25, -0.2) is 4.79 Å². The number of esters is 1. The summed E-state index contributed by atoms with van der Waals surface area (Å²) in [5.74, 6) is -1.99. The van der Waals surface area contributed by atoms with E-state index in [0.717, 1.165) is 41.7 Å². The summed E-state index contributed by atoms with van der Waals surface area (Å²) in [6.07, 6.45) is 3.46. The Hall–Kier alpha value is -2.71. The van der Waals surface area contributed by atoms with Gasteiger partial charge in [0.25, 0.3) is 0 Å². The van der Waals surface area contributed by atoms with Gasteiger partial charge in [0.15, 0.2) is 0 Å². The van der Waals surface area contributed by atoms with E-state index in [-0.39, 0.29) is 13.0 Å². The fourth-order valence-electron chi connectivity index (χ4n) is 3.52. The van der Waals surface area contributed by atoms with Crippen LogP contribution in [0.5, 0.6) is 0 Å². The number of hydrogen-bond acceptors (Lipinski definition) is 6. The van der Waals surface area contributed by atoms with Gasteiger partial charge in [0.1, 0.15) is 11.0 Å². The number of carboxylic acid groups (broad SMARTS) is 1. The minimum absolute atomic E-state index is 0.243. The van der Waals surface area contributed by atoms with Gasteiger partial charge in [-0.2, -0.15) is 0 Å². The van der Waals surface area contributed by atoms with E-state index in [2.05, 4.69) is 10.6 Å². The highest BCUT2D eigenvalue weighted by atomic mass is 32.1. The molecule has 1 aliphatic carbocycles. The van der Waals surface area contributed by atoms with E-state index in [0.29, 0.717) is 17.1 Å². The molecule has 1 amide bonds. The van der Waals surface area contributed by atoms with E-state index in [9.17, 15) is 19.5 Å². The number of benzene rings is 1. The van der Waals surface area contributed by atoms with Crippen molar-refractivity contribution in [1.82, 2.24) is 5.32 Å². The third-order valence-electron chi connectivity index (χ3n) is 4.99. The number of anilines is 1. The van der Waals surface area contributed by atoms with E-state index in [1.807, 2.05) is 30.3 Å². The average Bonchev–Trinajstić information content (AvgIpc) is 3.09.